The minimum absolute atomic E-state index is 0.299. The Balaban J connectivity index is 1.99. The lowest BCUT2D eigenvalue weighted by atomic mass is 9.63. The summed E-state index contributed by atoms with van der Waals surface area (Å²) in [5.74, 6) is 2.30. The van der Waals surface area contributed by atoms with Crippen LogP contribution in [0.5, 0.6) is 0 Å². The molecule has 0 bridgehead atoms. The first-order valence-electron chi connectivity index (χ1n) is 7.92. The highest BCUT2D eigenvalue weighted by molar-refractivity contribution is 4.95. The van der Waals surface area contributed by atoms with Crippen molar-refractivity contribution in [1.82, 2.24) is 0 Å². The third-order valence-electron chi connectivity index (χ3n) is 5.67. The van der Waals surface area contributed by atoms with E-state index in [0.29, 0.717) is 5.92 Å². The monoisotopic (exact) mass is 238 g/mol. The highest BCUT2D eigenvalue weighted by Crippen LogP contribution is 2.46. The normalized spacial score (nSPS) is 43.6. The second-order valence-corrected chi connectivity index (χ2v) is 6.51. The first-order valence-corrected chi connectivity index (χ1v) is 7.92. The van der Waals surface area contributed by atoms with Crippen molar-refractivity contribution in [1.29, 1.82) is 0 Å². The number of hydrogen-bond acceptors (Lipinski definition) is 1. The Morgan fingerprint density at radius 2 is 1.59 bits per heavy atom. The third kappa shape index (κ3) is 2.86. The Hall–Kier alpha value is -0.0400. The van der Waals surface area contributed by atoms with E-state index in [1.807, 2.05) is 0 Å². The Labute approximate surface area is 107 Å². The van der Waals surface area contributed by atoms with Crippen molar-refractivity contribution in [2.75, 3.05) is 0 Å². The summed E-state index contributed by atoms with van der Waals surface area (Å²) in [5, 5.41) is 11.0. The average molecular weight is 238 g/mol. The molecule has 100 valence electrons. The van der Waals surface area contributed by atoms with Crippen LogP contribution >= 0.6 is 0 Å². The fourth-order valence-electron chi connectivity index (χ4n) is 4.36. The summed E-state index contributed by atoms with van der Waals surface area (Å²) < 4.78 is 0. The second kappa shape index (κ2) is 5.73. The molecular weight excluding hydrogens is 208 g/mol. The van der Waals surface area contributed by atoms with Crippen LogP contribution in [0.25, 0.3) is 0 Å². The van der Waals surface area contributed by atoms with Crippen molar-refractivity contribution in [3.8, 4) is 0 Å². The van der Waals surface area contributed by atoms with Gasteiger partial charge in [-0.25, -0.2) is 0 Å². The average Bonchev–Trinajstić information content (AvgIpc) is 2.39. The Kier molecular flexibility index (Phi) is 4.52. The molecule has 1 heteroatoms. The molecule has 17 heavy (non-hydrogen) atoms. The van der Waals surface area contributed by atoms with Crippen LogP contribution in [0, 0.1) is 17.8 Å². The summed E-state index contributed by atoms with van der Waals surface area (Å²) in [5.41, 5.74) is -0.299. The first-order chi connectivity index (χ1) is 8.19. The molecule has 2 aliphatic carbocycles. The van der Waals surface area contributed by atoms with Gasteiger partial charge in [0, 0.05) is 0 Å². The zero-order valence-electron chi connectivity index (χ0n) is 11.8. The van der Waals surface area contributed by atoms with Crippen molar-refractivity contribution in [2.24, 2.45) is 17.8 Å². The van der Waals surface area contributed by atoms with Crippen LogP contribution in [0.2, 0.25) is 0 Å². The van der Waals surface area contributed by atoms with Gasteiger partial charge >= 0.3 is 0 Å². The molecule has 0 amide bonds. The van der Waals surface area contributed by atoms with E-state index in [1.54, 1.807) is 0 Å². The molecule has 0 radical (unpaired) electrons. The van der Waals surface area contributed by atoms with E-state index in [9.17, 15) is 5.11 Å². The largest absolute Gasteiger partial charge is 0.390 e. The topological polar surface area (TPSA) is 20.2 Å². The maximum absolute atomic E-state index is 11.0. The minimum Gasteiger partial charge on any atom is -0.390 e. The van der Waals surface area contributed by atoms with Crippen molar-refractivity contribution in [2.45, 2.75) is 83.7 Å². The van der Waals surface area contributed by atoms with E-state index >= 15 is 0 Å². The molecule has 2 atom stereocenters. The van der Waals surface area contributed by atoms with E-state index in [1.165, 1.54) is 51.4 Å². The van der Waals surface area contributed by atoms with Crippen LogP contribution in [0.3, 0.4) is 0 Å². The quantitative estimate of drug-likeness (QED) is 0.765. The van der Waals surface area contributed by atoms with E-state index in [-0.39, 0.29) is 5.60 Å². The molecule has 2 rings (SSSR count). The Morgan fingerprint density at radius 1 is 0.941 bits per heavy atom. The predicted octanol–water partition coefficient (Wildman–Crippen LogP) is 4.53. The zero-order chi connectivity index (χ0) is 12.3. The van der Waals surface area contributed by atoms with Crippen molar-refractivity contribution < 1.29 is 5.11 Å². The minimum atomic E-state index is -0.299. The Morgan fingerprint density at radius 3 is 2.18 bits per heavy atom. The molecule has 1 nitrogen and oxygen atoms in total. The van der Waals surface area contributed by atoms with E-state index in [0.717, 1.165) is 24.7 Å². The maximum atomic E-state index is 11.0. The molecule has 0 spiro atoms. The van der Waals surface area contributed by atoms with Gasteiger partial charge in [-0.05, 0) is 49.9 Å². The molecule has 0 aliphatic heterocycles. The van der Waals surface area contributed by atoms with Gasteiger partial charge in [0.2, 0.25) is 0 Å². The van der Waals surface area contributed by atoms with Crippen molar-refractivity contribution >= 4 is 0 Å². The molecule has 1 N–H and O–H groups in total. The van der Waals surface area contributed by atoms with Gasteiger partial charge in [-0.1, -0.05) is 46.0 Å². The zero-order valence-corrected chi connectivity index (χ0v) is 11.8. The molecule has 0 aromatic carbocycles. The molecule has 2 unspecified atom stereocenters. The first kappa shape index (κ1) is 13.4. The number of rotatable bonds is 3. The molecule has 0 aromatic rings. The molecule has 0 heterocycles. The van der Waals surface area contributed by atoms with E-state index in [2.05, 4.69) is 13.8 Å². The lowest BCUT2D eigenvalue weighted by Crippen LogP contribution is -2.45. The third-order valence-corrected chi connectivity index (χ3v) is 5.67. The van der Waals surface area contributed by atoms with Crippen molar-refractivity contribution in [3.05, 3.63) is 0 Å². The summed E-state index contributed by atoms with van der Waals surface area (Å²) in [7, 11) is 0. The lowest BCUT2D eigenvalue weighted by Gasteiger charge is -2.46. The van der Waals surface area contributed by atoms with Gasteiger partial charge < -0.3 is 5.11 Å². The molecule has 0 saturated heterocycles. The SMILES string of the molecule is CCC1CCC(O)(C2CCCCC2CC)CC1. The van der Waals surface area contributed by atoms with Crippen LogP contribution in [0.4, 0.5) is 0 Å². The summed E-state index contributed by atoms with van der Waals surface area (Å²) >= 11 is 0. The van der Waals surface area contributed by atoms with Crippen LogP contribution in [-0.4, -0.2) is 10.7 Å². The summed E-state index contributed by atoms with van der Waals surface area (Å²) in [4.78, 5) is 0. The number of hydrogen-bond donors (Lipinski definition) is 1. The van der Waals surface area contributed by atoms with Gasteiger partial charge in [-0.15, -0.1) is 0 Å². The van der Waals surface area contributed by atoms with Gasteiger partial charge in [0.1, 0.15) is 0 Å². The number of aliphatic hydroxyl groups is 1. The fourth-order valence-corrected chi connectivity index (χ4v) is 4.36. The molecule has 2 fully saturated rings. The molecular formula is C16H30O. The maximum Gasteiger partial charge on any atom is 0.0678 e. The highest BCUT2D eigenvalue weighted by atomic mass is 16.3. The van der Waals surface area contributed by atoms with Crippen LogP contribution in [0.15, 0.2) is 0 Å². The predicted molar refractivity (Wildman–Crippen MR) is 72.9 cm³/mol. The van der Waals surface area contributed by atoms with Crippen LogP contribution in [-0.2, 0) is 0 Å². The van der Waals surface area contributed by atoms with E-state index in [4.69, 9.17) is 0 Å². The molecule has 0 aromatic heterocycles. The molecule has 2 saturated carbocycles. The molecule has 2 aliphatic rings. The van der Waals surface area contributed by atoms with E-state index < -0.39 is 0 Å². The van der Waals surface area contributed by atoms with Gasteiger partial charge in [0.25, 0.3) is 0 Å². The standard InChI is InChI=1S/C16H30O/c1-3-13-9-11-16(17,12-10-13)15-8-6-5-7-14(15)4-2/h13-15,17H,3-12H2,1-2H3. The summed E-state index contributed by atoms with van der Waals surface area (Å²) in [6.45, 7) is 4.61. The fraction of sp³-hybridized carbons (Fsp3) is 1.00. The van der Waals surface area contributed by atoms with Gasteiger partial charge in [0.15, 0.2) is 0 Å². The van der Waals surface area contributed by atoms with Gasteiger partial charge in [-0.3, -0.25) is 0 Å². The summed E-state index contributed by atoms with van der Waals surface area (Å²) in [6.07, 6.45) is 12.6. The second-order valence-electron chi connectivity index (χ2n) is 6.51. The van der Waals surface area contributed by atoms with Gasteiger partial charge in [-0.2, -0.15) is 0 Å². The lowest BCUT2D eigenvalue weighted by molar-refractivity contribution is -0.0910. The van der Waals surface area contributed by atoms with Crippen molar-refractivity contribution in [3.63, 3.8) is 0 Å². The Bertz CT molecular complexity index is 228. The van der Waals surface area contributed by atoms with Crippen LogP contribution < -0.4 is 0 Å². The van der Waals surface area contributed by atoms with Crippen LogP contribution in [0.1, 0.15) is 78.1 Å². The highest BCUT2D eigenvalue weighted by Gasteiger charge is 2.43. The smallest absolute Gasteiger partial charge is 0.0678 e. The van der Waals surface area contributed by atoms with Gasteiger partial charge in [0.05, 0.1) is 5.60 Å². The summed E-state index contributed by atoms with van der Waals surface area (Å²) in [6, 6.07) is 0.